The molecule has 0 spiro atoms. The third-order valence-electron chi connectivity index (χ3n) is 2.81. The highest BCUT2D eigenvalue weighted by Gasteiger charge is 2.04. The molecule has 0 amide bonds. The van der Waals surface area contributed by atoms with E-state index in [-0.39, 0.29) is 5.97 Å². The number of rotatable bonds is 10. The Hall–Kier alpha value is -0.790. The minimum atomic E-state index is -0.142. The fourth-order valence-corrected chi connectivity index (χ4v) is 1.59. The summed E-state index contributed by atoms with van der Waals surface area (Å²) in [4.78, 5) is 11.5. The third kappa shape index (κ3) is 10.1. The summed E-state index contributed by atoms with van der Waals surface area (Å²) in [5, 5.41) is 0. The zero-order chi connectivity index (χ0) is 12.9. The predicted octanol–water partition coefficient (Wildman–Crippen LogP) is 4.64. The van der Waals surface area contributed by atoms with Crippen LogP contribution in [-0.2, 0) is 9.53 Å². The van der Waals surface area contributed by atoms with E-state index in [1.165, 1.54) is 25.7 Å². The molecule has 0 aromatic rings. The van der Waals surface area contributed by atoms with E-state index >= 15 is 0 Å². The Bertz CT molecular complexity index is 219. The molecule has 0 N–H and O–H groups in total. The Morgan fingerprint density at radius 2 is 1.65 bits per heavy atom. The highest BCUT2D eigenvalue weighted by Crippen LogP contribution is 2.05. The summed E-state index contributed by atoms with van der Waals surface area (Å²) < 4.78 is 5.21. The third-order valence-corrected chi connectivity index (χ3v) is 2.81. The molecule has 0 aliphatic rings. The lowest BCUT2D eigenvalue weighted by Crippen LogP contribution is -2.07. The van der Waals surface area contributed by atoms with E-state index in [1.54, 1.807) is 0 Å². The van der Waals surface area contributed by atoms with Crippen molar-refractivity contribution in [3.8, 4) is 0 Å². The second-order valence-corrected chi connectivity index (χ2v) is 4.58. The second-order valence-electron chi connectivity index (χ2n) is 4.58. The van der Waals surface area contributed by atoms with Gasteiger partial charge >= 0.3 is 5.97 Å². The maximum absolute atomic E-state index is 11.5. The van der Waals surface area contributed by atoms with Gasteiger partial charge in [0.2, 0.25) is 0 Å². The molecule has 100 valence electrons. The van der Waals surface area contributed by atoms with Gasteiger partial charge in [-0.15, -0.1) is 0 Å². The summed E-state index contributed by atoms with van der Waals surface area (Å²) in [7, 11) is 0. The van der Waals surface area contributed by atoms with Crippen LogP contribution in [0, 0.1) is 0 Å². The molecule has 0 aromatic heterocycles. The Labute approximate surface area is 106 Å². The lowest BCUT2D eigenvalue weighted by atomic mass is 10.1. The van der Waals surface area contributed by atoms with Gasteiger partial charge in [0.1, 0.15) is 0 Å². The van der Waals surface area contributed by atoms with E-state index in [9.17, 15) is 4.79 Å². The van der Waals surface area contributed by atoms with E-state index < -0.39 is 0 Å². The van der Waals surface area contributed by atoms with E-state index in [0.717, 1.165) is 31.3 Å². The van der Waals surface area contributed by atoms with Crippen LogP contribution in [0.2, 0.25) is 0 Å². The van der Waals surface area contributed by atoms with E-state index in [4.69, 9.17) is 4.74 Å². The number of hydrogen-bond donors (Lipinski definition) is 0. The number of carbonyl (C=O) groups excluding carboxylic acids is 1. The zero-order valence-electron chi connectivity index (χ0n) is 11.8. The minimum absolute atomic E-state index is 0.142. The minimum Gasteiger partial charge on any atom is -0.462 e. The van der Waals surface area contributed by atoms with Crippen molar-refractivity contribution in [3.63, 3.8) is 0 Å². The lowest BCUT2D eigenvalue weighted by Gasteiger charge is -2.04. The fraction of sp³-hybridized carbons (Fsp3) is 0.800. The molecular weight excluding hydrogens is 212 g/mol. The Balaban J connectivity index is 3.53. The largest absolute Gasteiger partial charge is 0.462 e. The molecule has 0 aliphatic carbocycles. The lowest BCUT2D eigenvalue weighted by molar-refractivity contribution is -0.139. The van der Waals surface area contributed by atoms with Gasteiger partial charge in [-0.1, -0.05) is 58.4 Å². The van der Waals surface area contributed by atoms with Gasteiger partial charge in [0, 0.05) is 5.57 Å². The molecule has 0 heterocycles. The predicted molar refractivity (Wildman–Crippen MR) is 73.0 cm³/mol. The molecule has 2 nitrogen and oxygen atoms in total. The van der Waals surface area contributed by atoms with Crippen LogP contribution in [0.5, 0.6) is 0 Å². The van der Waals surface area contributed by atoms with Crippen molar-refractivity contribution in [2.75, 3.05) is 6.61 Å². The number of carbonyl (C=O) groups is 1. The Kier molecular flexibility index (Phi) is 11.1. The van der Waals surface area contributed by atoms with Crippen molar-refractivity contribution in [2.24, 2.45) is 0 Å². The van der Waals surface area contributed by atoms with Crippen molar-refractivity contribution in [2.45, 2.75) is 72.1 Å². The fourth-order valence-electron chi connectivity index (χ4n) is 1.59. The topological polar surface area (TPSA) is 26.3 Å². The average molecular weight is 240 g/mol. The van der Waals surface area contributed by atoms with Crippen molar-refractivity contribution < 1.29 is 9.53 Å². The summed E-state index contributed by atoms with van der Waals surface area (Å²) in [5.74, 6) is -0.142. The molecule has 0 aromatic carbocycles. The summed E-state index contributed by atoms with van der Waals surface area (Å²) in [6, 6.07) is 0. The van der Waals surface area contributed by atoms with Crippen molar-refractivity contribution in [1.29, 1.82) is 0 Å². The van der Waals surface area contributed by atoms with Crippen LogP contribution in [-0.4, -0.2) is 12.6 Å². The number of ether oxygens (including phenoxy) is 1. The molecule has 0 radical (unpaired) electrons. The molecule has 17 heavy (non-hydrogen) atoms. The van der Waals surface area contributed by atoms with Gasteiger partial charge in [0.25, 0.3) is 0 Å². The molecule has 0 saturated heterocycles. The van der Waals surface area contributed by atoms with Gasteiger partial charge in [-0.3, -0.25) is 0 Å². The van der Waals surface area contributed by atoms with Crippen molar-refractivity contribution in [1.82, 2.24) is 0 Å². The molecule has 0 saturated carbocycles. The quantitative estimate of drug-likeness (QED) is 0.316. The zero-order valence-corrected chi connectivity index (χ0v) is 11.8. The molecule has 0 rings (SSSR count). The summed E-state index contributed by atoms with van der Waals surface area (Å²) in [6.45, 7) is 6.76. The highest BCUT2D eigenvalue weighted by molar-refractivity contribution is 5.87. The van der Waals surface area contributed by atoms with Gasteiger partial charge in [-0.05, 0) is 19.8 Å². The number of hydrogen-bond acceptors (Lipinski definition) is 2. The first-order valence-corrected chi connectivity index (χ1v) is 7.06. The monoisotopic (exact) mass is 240 g/mol. The molecular formula is C15H28O2. The molecule has 0 bridgehead atoms. The summed E-state index contributed by atoms with van der Waals surface area (Å²) in [5.41, 5.74) is 0.756. The van der Waals surface area contributed by atoms with Crippen LogP contribution in [0.25, 0.3) is 0 Å². The van der Waals surface area contributed by atoms with Crippen molar-refractivity contribution in [3.05, 3.63) is 11.6 Å². The molecule has 0 fully saturated rings. The maximum atomic E-state index is 11.5. The van der Waals surface area contributed by atoms with Crippen LogP contribution in [0.4, 0.5) is 0 Å². The van der Waals surface area contributed by atoms with Gasteiger partial charge in [0.05, 0.1) is 6.61 Å². The molecule has 0 unspecified atom stereocenters. The normalized spacial score (nSPS) is 11.6. The van der Waals surface area contributed by atoms with Crippen LogP contribution >= 0.6 is 0 Å². The summed E-state index contributed by atoms with van der Waals surface area (Å²) in [6.07, 6.45) is 11.2. The van der Waals surface area contributed by atoms with Crippen LogP contribution in [0.1, 0.15) is 72.1 Å². The smallest absolute Gasteiger partial charge is 0.333 e. The van der Waals surface area contributed by atoms with Crippen LogP contribution in [0.15, 0.2) is 11.6 Å². The number of esters is 1. The SMILES string of the molecule is CCCC/C=C(\C)C(=O)OCCCCCCC. The van der Waals surface area contributed by atoms with Crippen LogP contribution < -0.4 is 0 Å². The standard InChI is InChI=1S/C15H28O2/c1-4-6-8-9-11-13-17-15(16)14(3)12-10-7-5-2/h12H,4-11,13H2,1-3H3/b14-12+. The van der Waals surface area contributed by atoms with E-state index in [2.05, 4.69) is 13.8 Å². The molecule has 0 aliphatic heterocycles. The Morgan fingerprint density at radius 3 is 2.29 bits per heavy atom. The summed E-state index contributed by atoms with van der Waals surface area (Å²) >= 11 is 0. The first-order chi connectivity index (χ1) is 8.22. The van der Waals surface area contributed by atoms with E-state index in [1.807, 2.05) is 13.0 Å². The van der Waals surface area contributed by atoms with Gasteiger partial charge in [-0.2, -0.15) is 0 Å². The molecule has 0 atom stereocenters. The van der Waals surface area contributed by atoms with Gasteiger partial charge in [-0.25, -0.2) is 4.79 Å². The average Bonchev–Trinajstić information content (AvgIpc) is 2.33. The number of unbranched alkanes of at least 4 members (excludes halogenated alkanes) is 6. The Morgan fingerprint density at radius 1 is 1.00 bits per heavy atom. The first-order valence-electron chi connectivity index (χ1n) is 7.06. The highest BCUT2D eigenvalue weighted by atomic mass is 16.5. The molecule has 2 heteroatoms. The first kappa shape index (κ1) is 16.2. The van der Waals surface area contributed by atoms with Gasteiger partial charge in [0.15, 0.2) is 0 Å². The van der Waals surface area contributed by atoms with E-state index in [0.29, 0.717) is 6.61 Å². The maximum Gasteiger partial charge on any atom is 0.333 e. The van der Waals surface area contributed by atoms with Crippen molar-refractivity contribution >= 4 is 5.97 Å². The van der Waals surface area contributed by atoms with Gasteiger partial charge < -0.3 is 4.74 Å². The van der Waals surface area contributed by atoms with Crippen LogP contribution in [0.3, 0.4) is 0 Å². The second kappa shape index (κ2) is 11.7. The number of allylic oxidation sites excluding steroid dienone is 1.